The first kappa shape index (κ1) is 16.8. The topological polar surface area (TPSA) is 75.4 Å². The molecule has 1 aromatic carbocycles. The first-order valence-electron chi connectivity index (χ1n) is 7.79. The Morgan fingerprint density at radius 2 is 2.17 bits per heavy atom. The van der Waals surface area contributed by atoms with Crippen molar-refractivity contribution in [1.29, 1.82) is 0 Å². The van der Waals surface area contributed by atoms with Crippen LogP contribution in [-0.4, -0.2) is 28.1 Å². The van der Waals surface area contributed by atoms with Gasteiger partial charge in [0, 0.05) is 12.0 Å². The van der Waals surface area contributed by atoms with Gasteiger partial charge in [0.2, 0.25) is 0 Å². The van der Waals surface area contributed by atoms with Crippen molar-refractivity contribution >= 4 is 17.0 Å². The number of oxazole rings is 1. The van der Waals surface area contributed by atoms with E-state index in [1.165, 1.54) is 6.07 Å². The zero-order valence-corrected chi connectivity index (χ0v) is 13.0. The summed E-state index contributed by atoms with van der Waals surface area (Å²) in [7, 11) is 0. The van der Waals surface area contributed by atoms with E-state index in [9.17, 15) is 23.1 Å². The Morgan fingerprint density at radius 1 is 1.42 bits per heavy atom. The summed E-state index contributed by atoms with van der Waals surface area (Å²) in [5.41, 5.74) is -1.54. The van der Waals surface area contributed by atoms with Gasteiger partial charge in [-0.1, -0.05) is 6.92 Å². The molecule has 5 nitrogen and oxygen atoms in total. The number of carbonyl (C=O) groups excluding carboxylic acids is 1. The minimum Gasteiger partial charge on any atom is -0.440 e. The maximum atomic E-state index is 13.3. The van der Waals surface area contributed by atoms with Crippen molar-refractivity contribution in [2.45, 2.75) is 50.9 Å². The van der Waals surface area contributed by atoms with E-state index in [-0.39, 0.29) is 22.6 Å². The van der Waals surface area contributed by atoms with E-state index in [0.29, 0.717) is 19.3 Å². The van der Waals surface area contributed by atoms with Crippen molar-refractivity contribution in [3.63, 3.8) is 0 Å². The van der Waals surface area contributed by atoms with Gasteiger partial charge in [-0.25, -0.2) is 4.98 Å². The number of benzene rings is 1. The minimum absolute atomic E-state index is 0.00112. The number of halogens is 3. The predicted octanol–water partition coefficient (Wildman–Crippen LogP) is 3.05. The molecule has 0 aliphatic heterocycles. The van der Waals surface area contributed by atoms with Gasteiger partial charge in [-0.3, -0.25) is 4.79 Å². The Hall–Kier alpha value is -2.09. The molecule has 0 saturated heterocycles. The highest BCUT2D eigenvalue weighted by atomic mass is 19.4. The van der Waals surface area contributed by atoms with Crippen molar-refractivity contribution in [3.05, 3.63) is 29.2 Å². The summed E-state index contributed by atoms with van der Waals surface area (Å²) in [4.78, 5) is 16.3. The molecule has 1 aliphatic rings. The second-order valence-electron chi connectivity index (χ2n) is 5.91. The van der Waals surface area contributed by atoms with Crippen LogP contribution in [0.25, 0.3) is 11.1 Å². The standard InChI is InChI=1S/C16H17F3N2O3/c1-2-13-20-11-7-8(6-9(14(11)24-13)16(17,18)19)15(23)21-10-4-3-5-12(10)22/h6-7,10,12,22H,2-5H2,1H3,(H,21,23). The highest BCUT2D eigenvalue weighted by molar-refractivity contribution is 5.98. The van der Waals surface area contributed by atoms with Crippen LogP contribution in [0.2, 0.25) is 0 Å². The van der Waals surface area contributed by atoms with Gasteiger partial charge in [-0.05, 0) is 31.4 Å². The number of aliphatic hydroxyl groups excluding tert-OH is 1. The zero-order valence-electron chi connectivity index (χ0n) is 13.0. The van der Waals surface area contributed by atoms with E-state index in [4.69, 9.17) is 4.42 Å². The Bertz CT molecular complexity index is 770. The molecule has 0 radical (unpaired) electrons. The van der Waals surface area contributed by atoms with Crippen molar-refractivity contribution in [3.8, 4) is 0 Å². The average Bonchev–Trinajstić information content (AvgIpc) is 3.11. The molecule has 2 aromatic rings. The molecule has 2 unspecified atom stereocenters. The van der Waals surface area contributed by atoms with E-state index in [1.807, 2.05) is 0 Å². The summed E-state index contributed by atoms with van der Waals surface area (Å²) >= 11 is 0. The third-order valence-corrected chi connectivity index (χ3v) is 4.20. The van der Waals surface area contributed by atoms with Gasteiger partial charge >= 0.3 is 6.18 Å². The highest BCUT2D eigenvalue weighted by Crippen LogP contribution is 2.36. The van der Waals surface area contributed by atoms with Crippen LogP contribution in [0.1, 0.15) is 48.0 Å². The number of fused-ring (bicyclic) bond motifs is 1. The van der Waals surface area contributed by atoms with Crippen molar-refractivity contribution in [2.24, 2.45) is 0 Å². The molecule has 1 amide bonds. The number of hydrogen-bond donors (Lipinski definition) is 2. The Kier molecular flexibility index (Phi) is 4.25. The van der Waals surface area contributed by atoms with Crippen LogP contribution >= 0.6 is 0 Å². The fourth-order valence-electron chi connectivity index (χ4n) is 2.93. The summed E-state index contributed by atoms with van der Waals surface area (Å²) in [6.07, 6.45) is -3.04. The molecule has 2 N–H and O–H groups in total. The summed E-state index contributed by atoms with van der Waals surface area (Å²) in [5.74, 6) is -0.478. The highest BCUT2D eigenvalue weighted by Gasteiger charge is 2.36. The van der Waals surface area contributed by atoms with Crippen LogP contribution in [0.3, 0.4) is 0 Å². The molecule has 1 heterocycles. The lowest BCUT2D eigenvalue weighted by Gasteiger charge is -2.17. The summed E-state index contributed by atoms with van der Waals surface area (Å²) in [6, 6.07) is 1.61. The Morgan fingerprint density at radius 3 is 2.75 bits per heavy atom. The number of aryl methyl sites for hydroxylation is 1. The molecule has 8 heteroatoms. The number of alkyl halides is 3. The molecule has 24 heavy (non-hydrogen) atoms. The maximum Gasteiger partial charge on any atom is 0.420 e. The van der Waals surface area contributed by atoms with Crippen LogP contribution in [-0.2, 0) is 12.6 Å². The number of nitrogens with one attached hydrogen (secondary N) is 1. The lowest BCUT2D eigenvalue weighted by molar-refractivity contribution is -0.136. The Labute approximate surface area is 135 Å². The van der Waals surface area contributed by atoms with E-state index in [1.54, 1.807) is 6.92 Å². The number of hydrogen-bond acceptors (Lipinski definition) is 4. The lowest BCUT2D eigenvalue weighted by Crippen LogP contribution is -2.39. The van der Waals surface area contributed by atoms with Crippen LogP contribution in [0.15, 0.2) is 16.5 Å². The molecular weight excluding hydrogens is 325 g/mol. The van der Waals surface area contributed by atoms with E-state index >= 15 is 0 Å². The molecule has 0 bridgehead atoms. The van der Waals surface area contributed by atoms with Crippen LogP contribution in [0, 0.1) is 0 Å². The second-order valence-corrected chi connectivity index (χ2v) is 5.91. The first-order chi connectivity index (χ1) is 11.3. The number of carbonyl (C=O) groups is 1. The molecule has 2 atom stereocenters. The minimum atomic E-state index is -4.66. The second kappa shape index (κ2) is 6.08. The van der Waals surface area contributed by atoms with Gasteiger partial charge in [0.25, 0.3) is 5.91 Å². The lowest BCUT2D eigenvalue weighted by atomic mass is 10.1. The smallest absolute Gasteiger partial charge is 0.420 e. The summed E-state index contributed by atoms with van der Waals surface area (Å²) < 4.78 is 45.0. The quantitative estimate of drug-likeness (QED) is 0.899. The monoisotopic (exact) mass is 342 g/mol. The molecule has 3 rings (SSSR count). The zero-order chi connectivity index (χ0) is 17.5. The van der Waals surface area contributed by atoms with Gasteiger partial charge in [0.05, 0.1) is 12.1 Å². The van der Waals surface area contributed by atoms with Gasteiger partial charge in [0.1, 0.15) is 11.1 Å². The average molecular weight is 342 g/mol. The van der Waals surface area contributed by atoms with Gasteiger partial charge < -0.3 is 14.8 Å². The number of amides is 1. The number of aliphatic hydroxyl groups is 1. The summed E-state index contributed by atoms with van der Waals surface area (Å²) in [6.45, 7) is 1.72. The van der Waals surface area contributed by atoms with Crippen LogP contribution < -0.4 is 5.32 Å². The van der Waals surface area contributed by atoms with Crippen LogP contribution in [0.4, 0.5) is 13.2 Å². The normalized spacial score (nSPS) is 21.4. The Balaban J connectivity index is 2.00. The van der Waals surface area contributed by atoms with Gasteiger partial charge in [-0.2, -0.15) is 13.2 Å². The van der Waals surface area contributed by atoms with E-state index in [2.05, 4.69) is 10.3 Å². The molecule has 130 valence electrons. The van der Waals surface area contributed by atoms with Gasteiger partial charge in [-0.15, -0.1) is 0 Å². The SMILES string of the molecule is CCc1nc2cc(C(=O)NC3CCCC3O)cc(C(F)(F)F)c2o1. The molecule has 0 spiro atoms. The maximum absolute atomic E-state index is 13.3. The fourth-order valence-corrected chi connectivity index (χ4v) is 2.93. The van der Waals surface area contributed by atoms with Crippen molar-refractivity contribution in [1.82, 2.24) is 10.3 Å². The van der Waals surface area contributed by atoms with Crippen molar-refractivity contribution in [2.75, 3.05) is 0 Å². The molecule has 1 saturated carbocycles. The first-order valence-corrected chi connectivity index (χ1v) is 7.79. The molecule has 1 aliphatic carbocycles. The van der Waals surface area contributed by atoms with Gasteiger partial charge in [0.15, 0.2) is 11.5 Å². The third kappa shape index (κ3) is 3.10. The number of aromatic nitrogens is 1. The predicted molar refractivity (Wildman–Crippen MR) is 79.5 cm³/mol. The van der Waals surface area contributed by atoms with E-state index in [0.717, 1.165) is 12.5 Å². The fraction of sp³-hybridized carbons (Fsp3) is 0.500. The third-order valence-electron chi connectivity index (χ3n) is 4.20. The molecule has 1 fully saturated rings. The summed E-state index contributed by atoms with van der Waals surface area (Å²) in [5, 5.41) is 12.3. The van der Waals surface area contributed by atoms with Crippen LogP contribution in [0.5, 0.6) is 0 Å². The van der Waals surface area contributed by atoms with Crippen molar-refractivity contribution < 1.29 is 27.5 Å². The largest absolute Gasteiger partial charge is 0.440 e. The molecule has 1 aromatic heterocycles. The number of nitrogens with zero attached hydrogens (tertiary/aromatic N) is 1. The molecular formula is C16H17F3N2O3. The number of rotatable bonds is 3. The van der Waals surface area contributed by atoms with E-state index < -0.39 is 29.8 Å².